The second-order valence-corrected chi connectivity index (χ2v) is 5.22. The van der Waals surface area contributed by atoms with Gasteiger partial charge in [0.15, 0.2) is 0 Å². The second-order valence-electron chi connectivity index (χ2n) is 4.82. The van der Waals surface area contributed by atoms with Gasteiger partial charge in [-0.1, -0.05) is 55.3 Å². The van der Waals surface area contributed by atoms with E-state index in [1.54, 1.807) is 6.07 Å². The van der Waals surface area contributed by atoms with Crippen LogP contribution in [0.25, 0.3) is 0 Å². The molecule has 1 atom stereocenters. The third-order valence-electron chi connectivity index (χ3n) is 3.27. The molecule has 0 saturated carbocycles. The van der Waals surface area contributed by atoms with Crippen LogP contribution in [0.4, 0.5) is 11.4 Å². The van der Waals surface area contributed by atoms with Crippen LogP contribution in [-0.4, -0.2) is 4.92 Å². The number of halogens is 1. The van der Waals surface area contributed by atoms with E-state index in [1.165, 1.54) is 12.1 Å². The fraction of sp³-hybridized carbons (Fsp3) is 0.250. The highest BCUT2D eigenvalue weighted by atomic mass is 35.5. The number of non-ortho nitro benzene ring substituents is 1. The van der Waals surface area contributed by atoms with Crippen LogP contribution in [0.3, 0.4) is 0 Å². The lowest BCUT2D eigenvalue weighted by atomic mass is 10.0. The molecular formula is C16H17ClN2O2. The van der Waals surface area contributed by atoms with Gasteiger partial charge in [0, 0.05) is 12.1 Å². The highest BCUT2D eigenvalue weighted by Crippen LogP contribution is 2.31. The van der Waals surface area contributed by atoms with Crippen molar-refractivity contribution >= 4 is 23.0 Å². The first-order chi connectivity index (χ1) is 10.1. The van der Waals surface area contributed by atoms with Crippen LogP contribution >= 0.6 is 11.6 Å². The van der Waals surface area contributed by atoms with Crippen molar-refractivity contribution in [3.63, 3.8) is 0 Å². The van der Waals surface area contributed by atoms with Crippen LogP contribution in [0.5, 0.6) is 0 Å². The van der Waals surface area contributed by atoms with Crippen LogP contribution in [0.15, 0.2) is 48.5 Å². The molecule has 0 spiro atoms. The van der Waals surface area contributed by atoms with Crippen molar-refractivity contribution in [3.05, 3.63) is 69.2 Å². The summed E-state index contributed by atoms with van der Waals surface area (Å²) in [5, 5.41) is 14.7. The number of nitro benzene ring substituents is 1. The molecule has 21 heavy (non-hydrogen) atoms. The highest BCUT2D eigenvalue weighted by molar-refractivity contribution is 6.33. The summed E-state index contributed by atoms with van der Waals surface area (Å²) in [6.07, 6.45) is 1.92. The zero-order valence-corrected chi connectivity index (χ0v) is 12.5. The van der Waals surface area contributed by atoms with Gasteiger partial charge in [0.1, 0.15) is 0 Å². The summed E-state index contributed by atoms with van der Waals surface area (Å²) in [6, 6.07) is 14.5. The molecule has 0 saturated heterocycles. The molecule has 1 N–H and O–H groups in total. The van der Waals surface area contributed by atoms with Gasteiger partial charge in [0.25, 0.3) is 5.69 Å². The molecule has 0 radical (unpaired) electrons. The smallest absolute Gasteiger partial charge is 0.271 e. The number of anilines is 1. The fourth-order valence-corrected chi connectivity index (χ4v) is 2.39. The molecule has 5 heteroatoms. The van der Waals surface area contributed by atoms with Crippen LogP contribution in [-0.2, 0) is 0 Å². The Kier molecular flexibility index (Phi) is 5.17. The van der Waals surface area contributed by atoms with Gasteiger partial charge in [-0.3, -0.25) is 10.1 Å². The molecule has 0 amide bonds. The number of rotatable bonds is 6. The number of nitro groups is 1. The molecule has 110 valence electrons. The quantitative estimate of drug-likeness (QED) is 0.589. The summed E-state index contributed by atoms with van der Waals surface area (Å²) in [6.45, 7) is 2.10. The van der Waals surface area contributed by atoms with E-state index in [0.717, 1.165) is 18.4 Å². The first-order valence-corrected chi connectivity index (χ1v) is 7.25. The number of hydrogen-bond acceptors (Lipinski definition) is 3. The van der Waals surface area contributed by atoms with Crippen LogP contribution in [0.2, 0.25) is 5.02 Å². The van der Waals surface area contributed by atoms with Gasteiger partial charge in [0.05, 0.1) is 21.7 Å². The van der Waals surface area contributed by atoms with E-state index in [4.69, 9.17) is 11.6 Å². The number of hydrogen-bond donors (Lipinski definition) is 1. The van der Waals surface area contributed by atoms with Crippen molar-refractivity contribution in [1.29, 1.82) is 0 Å². The average Bonchev–Trinajstić information content (AvgIpc) is 2.49. The summed E-state index contributed by atoms with van der Waals surface area (Å²) in [5.74, 6) is 0. The Bertz CT molecular complexity index is 617. The van der Waals surface area contributed by atoms with E-state index in [9.17, 15) is 10.1 Å². The van der Waals surface area contributed by atoms with E-state index < -0.39 is 4.92 Å². The van der Waals surface area contributed by atoms with E-state index in [1.807, 2.05) is 30.3 Å². The molecule has 2 aromatic rings. The van der Waals surface area contributed by atoms with Gasteiger partial charge in [-0.2, -0.15) is 0 Å². The van der Waals surface area contributed by atoms with Crippen molar-refractivity contribution in [1.82, 2.24) is 0 Å². The fourth-order valence-electron chi connectivity index (χ4n) is 2.22. The maximum atomic E-state index is 10.9. The van der Waals surface area contributed by atoms with Gasteiger partial charge in [0.2, 0.25) is 0 Å². The van der Waals surface area contributed by atoms with Crippen molar-refractivity contribution < 1.29 is 4.92 Å². The highest BCUT2D eigenvalue weighted by Gasteiger charge is 2.15. The Labute approximate surface area is 128 Å². The van der Waals surface area contributed by atoms with Crippen LogP contribution < -0.4 is 5.32 Å². The lowest BCUT2D eigenvalue weighted by molar-refractivity contribution is -0.384. The van der Waals surface area contributed by atoms with Gasteiger partial charge in [-0.15, -0.1) is 0 Å². The third kappa shape index (κ3) is 3.95. The molecule has 1 unspecified atom stereocenters. The Morgan fingerprint density at radius 3 is 2.57 bits per heavy atom. The first-order valence-electron chi connectivity index (χ1n) is 6.87. The lowest BCUT2D eigenvalue weighted by Crippen LogP contribution is -2.11. The minimum atomic E-state index is -0.418. The Morgan fingerprint density at radius 1 is 1.24 bits per heavy atom. The summed E-state index contributed by atoms with van der Waals surface area (Å²) in [5.41, 5.74) is 1.76. The lowest BCUT2D eigenvalue weighted by Gasteiger charge is -2.20. The van der Waals surface area contributed by atoms with Crippen LogP contribution in [0, 0.1) is 10.1 Å². The molecule has 2 rings (SSSR count). The topological polar surface area (TPSA) is 55.2 Å². The predicted molar refractivity (Wildman–Crippen MR) is 85.8 cm³/mol. The molecule has 2 aromatic carbocycles. The van der Waals surface area contributed by atoms with Crippen molar-refractivity contribution in [2.75, 3.05) is 5.32 Å². The molecule has 0 heterocycles. The molecule has 0 aliphatic rings. The van der Waals surface area contributed by atoms with E-state index in [2.05, 4.69) is 12.2 Å². The second kappa shape index (κ2) is 7.09. The molecule has 0 fully saturated rings. The molecule has 0 bridgehead atoms. The zero-order valence-electron chi connectivity index (χ0n) is 11.8. The van der Waals surface area contributed by atoms with Crippen LogP contribution in [0.1, 0.15) is 31.4 Å². The third-order valence-corrected chi connectivity index (χ3v) is 3.60. The first kappa shape index (κ1) is 15.3. The molecule has 4 nitrogen and oxygen atoms in total. The van der Waals surface area contributed by atoms with Crippen molar-refractivity contribution in [2.24, 2.45) is 0 Å². The van der Waals surface area contributed by atoms with E-state index >= 15 is 0 Å². The van der Waals surface area contributed by atoms with Gasteiger partial charge >= 0.3 is 0 Å². The maximum absolute atomic E-state index is 10.9. The standard InChI is InChI=1S/C16H17ClN2O2/c1-2-6-15(12-7-4-3-5-8-12)18-16-11-13(19(20)21)9-10-14(16)17/h3-5,7-11,15,18H,2,6H2,1H3. The number of nitrogens with one attached hydrogen (secondary N) is 1. The predicted octanol–water partition coefficient (Wildman–Crippen LogP) is 5.20. The molecule has 0 aromatic heterocycles. The monoisotopic (exact) mass is 304 g/mol. The summed E-state index contributed by atoms with van der Waals surface area (Å²) >= 11 is 6.15. The van der Waals surface area contributed by atoms with Gasteiger partial charge in [-0.05, 0) is 18.1 Å². The molecule has 0 aliphatic heterocycles. The number of nitrogens with zero attached hydrogens (tertiary/aromatic N) is 1. The minimum absolute atomic E-state index is 0.0326. The summed E-state index contributed by atoms with van der Waals surface area (Å²) in [7, 11) is 0. The zero-order chi connectivity index (χ0) is 15.2. The summed E-state index contributed by atoms with van der Waals surface area (Å²) < 4.78 is 0. The normalized spacial score (nSPS) is 11.9. The summed E-state index contributed by atoms with van der Waals surface area (Å²) in [4.78, 5) is 10.5. The Morgan fingerprint density at radius 2 is 1.95 bits per heavy atom. The van der Waals surface area contributed by atoms with Crippen molar-refractivity contribution in [3.8, 4) is 0 Å². The van der Waals surface area contributed by atoms with Gasteiger partial charge in [-0.25, -0.2) is 0 Å². The van der Waals surface area contributed by atoms with Gasteiger partial charge < -0.3 is 5.32 Å². The maximum Gasteiger partial charge on any atom is 0.271 e. The minimum Gasteiger partial charge on any atom is -0.377 e. The van der Waals surface area contributed by atoms with E-state index in [-0.39, 0.29) is 11.7 Å². The Balaban J connectivity index is 2.28. The van der Waals surface area contributed by atoms with Crippen molar-refractivity contribution in [2.45, 2.75) is 25.8 Å². The number of benzene rings is 2. The SMILES string of the molecule is CCCC(Nc1cc([N+](=O)[O-])ccc1Cl)c1ccccc1. The Hall–Kier alpha value is -2.07. The molecular weight excluding hydrogens is 288 g/mol. The largest absolute Gasteiger partial charge is 0.377 e. The van der Waals surface area contributed by atoms with E-state index in [0.29, 0.717) is 10.7 Å². The average molecular weight is 305 g/mol. The molecule has 0 aliphatic carbocycles.